The Morgan fingerprint density at radius 1 is 0.565 bits per heavy atom. The minimum absolute atomic E-state index is 0.109. The Hall–Kier alpha value is -4.12. The molecule has 6 N–H and O–H groups in total. The van der Waals surface area contributed by atoms with Gasteiger partial charge in [0.1, 0.15) is 11.5 Å². The fourth-order valence-electron chi connectivity index (χ4n) is 4.47. The Kier molecular flexibility index (Phi) is 17.3. The molecule has 2 aromatic rings. The van der Waals surface area contributed by atoms with E-state index >= 15 is 0 Å². The zero-order valence-corrected chi connectivity index (χ0v) is 30.2. The third-order valence-corrected chi connectivity index (χ3v) is 6.83. The third-order valence-electron chi connectivity index (χ3n) is 6.83. The smallest absolute Gasteiger partial charge is 0.303 e. The largest absolute Gasteiger partial charge is 0.507 e. The number of carbonyl (C=O) groups is 2. The maximum atomic E-state index is 10.8. The van der Waals surface area contributed by atoms with Crippen LogP contribution in [0.25, 0.3) is 0 Å². The molecule has 0 aliphatic heterocycles. The number of aromatic hydroxyl groups is 2. The number of hydrogen-bond donors (Lipinski definition) is 6. The molecule has 0 saturated heterocycles. The molecular formula is C38H58N2O6. The van der Waals surface area contributed by atoms with E-state index in [0.29, 0.717) is 24.3 Å². The van der Waals surface area contributed by atoms with Gasteiger partial charge in [-0.2, -0.15) is 0 Å². The highest BCUT2D eigenvalue weighted by Crippen LogP contribution is 2.41. The van der Waals surface area contributed by atoms with Crippen LogP contribution in [0.3, 0.4) is 0 Å². The molecule has 0 unspecified atom stereocenters. The molecule has 0 saturated carbocycles. The fourth-order valence-corrected chi connectivity index (χ4v) is 4.47. The standard InChI is InChI=1S/2C17H26O3.2C2H3N/c2*1-16(2,3)12-9-11(7-8-14(18)19)10-13(15(12)20)17(4,5)6;2*1-2-3/h2*9-10,20H,7-8H2,1-6H3,(H,18,19);2*3H,1H2. The Morgan fingerprint density at radius 2 is 0.739 bits per heavy atom. The van der Waals surface area contributed by atoms with Crippen molar-refractivity contribution in [3.8, 4) is 11.5 Å². The van der Waals surface area contributed by atoms with Gasteiger partial charge in [0.05, 0.1) is 0 Å². The molecular weight excluding hydrogens is 580 g/mol. The van der Waals surface area contributed by atoms with Gasteiger partial charge >= 0.3 is 11.9 Å². The van der Waals surface area contributed by atoms with E-state index in [1.165, 1.54) is 0 Å². The van der Waals surface area contributed by atoms with E-state index in [4.69, 9.17) is 21.0 Å². The predicted molar refractivity (Wildman–Crippen MR) is 190 cm³/mol. The summed E-state index contributed by atoms with van der Waals surface area (Å²) in [6.07, 6.45) is 1.19. The monoisotopic (exact) mass is 638 g/mol. The van der Waals surface area contributed by atoms with Gasteiger partial charge in [-0.25, -0.2) is 0 Å². The minimum atomic E-state index is -0.798. The molecule has 256 valence electrons. The van der Waals surface area contributed by atoms with Crippen molar-refractivity contribution >= 4 is 23.7 Å². The summed E-state index contributed by atoms with van der Waals surface area (Å²) in [6, 6.07) is 7.75. The Morgan fingerprint density at radius 3 is 0.870 bits per heavy atom. The van der Waals surface area contributed by atoms with E-state index in [1.807, 2.05) is 24.3 Å². The fraction of sp³-hybridized carbons (Fsp3) is 0.526. The van der Waals surface area contributed by atoms with Crippen LogP contribution in [-0.4, -0.2) is 44.1 Å². The highest BCUT2D eigenvalue weighted by atomic mass is 16.4. The summed E-state index contributed by atoms with van der Waals surface area (Å²) in [5.74, 6) is 2.58. The topological polar surface area (TPSA) is 163 Å². The average Bonchev–Trinajstić information content (AvgIpc) is 2.86. The molecule has 0 aliphatic rings. The van der Waals surface area contributed by atoms with Crippen LogP contribution in [0, 0.1) is 10.8 Å². The molecule has 0 atom stereocenters. The second kappa shape index (κ2) is 18.1. The minimum Gasteiger partial charge on any atom is -0.507 e. The first-order valence-corrected chi connectivity index (χ1v) is 15.2. The molecule has 46 heavy (non-hydrogen) atoms. The van der Waals surface area contributed by atoms with Gasteiger partial charge < -0.3 is 20.4 Å². The maximum absolute atomic E-state index is 10.8. The second-order valence-electron chi connectivity index (χ2n) is 15.2. The first kappa shape index (κ1) is 44.0. The molecule has 0 aromatic heterocycles. The lowest BCUT2D eigenvalue weighted by Crippen LogP contribution is -2.18. The first-order chi connectivity index (χ1) is 20.7. The molecule has 2 rings (SSSR count). The van der Waals surface area contributed by atoms with Crippen LogP contribution in [-0.2, 0) is 44.1 Å². The van der Waals surface area contributed by atoms with Crippen LogP contribution in [0.4, 0.5) is 0 Å². The highest BCUT2D eigenvalue weighted by Gasteiger charge is 2.27. The normalized spacial score (nSPS) is 11.2. The summed E-state index contributed by atoms with van der Waals surface area (Å²) >= 11 is 0. The van der Waals surface area contributed by atoms with Crippen molar-refractivity contribution in [2.24, 2.45) is 0 Å². The first-order valence-electron chi connectivity index (χ1n) is 15.2. The quantitative estimate of drug-likeness (QED) is 0.173. The number of carboxylic acid groups (broad SMARTS) is 2. The summed E-state index contributed by atoms with van der Waals surface area (Å²) in [4.78, 5) is 21.5. The SMILES string of the molecule is C=C=N.C=C=N.CC(C)(C)c1cc(CCC(=O)O)cc(C(C)(C)C)c1O.CC(C)(C)c1cc(CCC(=O)O)cc(C(C)(C)C)c1O. The lowest BCUT2D eigenvalue weighted by Gasteiger charge is -2.28. The molecule has 0 fully saturated rings. The molecule has 0 radical (unpaired) electrons. The number of benzene rings is 2. The Labute approximate surface area is 276 Å². The molecule has 8 nitrogen and oxygen atoms in total. The van der Waals surface area contributed by atoms with Gasteiger partial charge in [0.25, 0.3) is 0 Å². The van der Waals surface area contributed by atoms with Gasteiger partial charge in [0.2, 0.25) is 0 Å². The molecule has 2 aromatic carbocycles. The van der Waals surface area contributed by atoms with Crippen LogP contribution in [0.5, 0.6) is 11.5 Å². The van der Waals surface area contributed by atoms with Crippen LogP contribution in [0.1, 0.15) is 129 Å². The number of aliphatic carboxylic acids is 2. The van der Waals surface area contributed by atoms with Gasteiger partial charge in [-0.3, -0.25) is 20.4 Å². The van der Waals surface area contributed by atoms with Crippen molar-refractivity contribution < 1.29 is 30.0 Å². The number of rotatable bonds is 6. The third kappa shape index (κ3) is 15.7. The van der Waals surface area contributed by atoms with E-state index in [2.05, 4.69) is 96.2 Å². The highest BCUT2D eigenvalue weighted by molar-refractivity contribution is 5.67. The van der Waals surface area contributed by atoms with E-state index in [0.717, 1.165) is 33.4 Å². The second-order valence-corrected chi connectivity index (χ2v) is 15.2. The molecule has 8 heteroatoms. The van der Waals surface area contributed by atoms with Crippen molar-refractivity contribution in [2.75, 3.05) is 0 Å². The van der Waals surface area contributed by atoms with E-state index < -0.39 is 11.9 Å². The summed E-state index contributed by atoms with van der Waals surface area (Å²) in [6.45, 7) is 30.4. The zero-order valence-electron chi connectivity index (χ0n) is 30.2. The van der Waals surface area contributed by atoms with Crippen LogP contribution in [0.2, 0.25) is 0 Å². The molecule has 0 aliphatic carbocycles. The van der Waals surface area contributed by atoms with Gasteiger partial charge in [-0.15, -0.1) is 0 Å². The number of hydrogen-bond acceptors (Lipinski definition) is 6. The number of nitrogens with one attached hydrogen (secondary N) is 2. The van der Waals surface area contributed by atoms with Crippen LogP contribution < -0.4 is 0 Å². The molecule has 0 heterocycles. The zero-order chi connectivity index (χ0) is 36.8. The van der Waals surface area contributed by atoms with E-state index in [-0.39, 0.29) is 34.5 Å². The van der Waals surface area contributed by atoms with Crippen molar-refractivity contribution in [3.63, 3.8) is 0 Å². The van der Waals surface area contributed by atoms with Crippen LogP contribution in [0.15, 0.2) is 37.4 Å². The number of aryl methyl sites for hydroxylation is 2. The van der Waals surface area contributed by atoms with Gasteiger partial charge in [-0.1, -0.05) is 107 Å². The average molecular weight is 639 g/mol. The van der Waals surface area contributed by atoms with Crippen molar-refractivity contribution in [1.29, 1.82) is 10.8 Å². The molecule has 0 spiro atoms. The van der Waals surface area contributed by atoms with E-state index in [1.54, 1.807) is 11.7 Å². The molecule has 0 bridgehead atoms. The van der Waals surface area contributed by atoms with Gasteiger partial charge in [0.15, 0.2) is 0 Å². The van der Waals surface area contributed by atoms with Crippen molar-refractivity contribution in [1.82, 2.24) is 0 Å². The summed E-state index contributed by atoms with van der Waals surface area (Å²) in [5.41, 5.74) is 4.76. The number of carboxylic acids is 2. The summed E-state index contributed by atoms with van der Waals surface area (Å²) in [5, 5.41) is 50.5. The van der Waals surface area contributed by atoms with Gasteiger partial charge in [0, 0.05) is 12.8 Å². The predicted octanol–water partition coefficient (Wildman–Crippen LogP) is 8.85. The van der Waals surface area contributed by atoms with Gasteiger partial charge in [-0.05, 0) is 92.8 Å². The van der Waals surface area contributed by atoms with E-state index in [9.17, 15) is 19.8 Å². The molecule has 0 amide bonds. The maximum Gasteiger partial charge on any atom is 0.303 e. The lowest BCUT2D eigenvalue weighted by molar-refractivity contribution is -0.138. The number of phenolic OH excluding ortho intramolecular Hbond substituents is 2. The Bertz CT molecular complexity index is 1200. The van der Waals surface area contributed by atoms with Crippen molar-refractivity contribution in [2.45, 2.75) is 130 Å². The Balaban J connectivity index is 0. The number of phenols is 2. The lowest BCUT2D eigenvalue weighted by atomic mass is 9.78. The van der Waals surface area contributed by atoms with Crippen molar-refractivity contribution in [3.05, 3.63) is 70.8 Å². The summed E-state index contributed by atoms with van der Waals surface area (Å²) in [7, 11) is 0. The van der Waals surface area contributed by atoms with Crippen LogP contribution >= 0.6 is 0 Å². The summed E-state index contributed by atoms with van der Waals surface area (Å²) < 4.78 is 0.